The highest BCUT2D eigenvalue weighted by Crippen LogP contribution is 2.34. The van der Waals surface area contributed by atoms with Gasteiger partial charge in [-0.3, -0.25) is 10.1 Å². The molecule has 2 aromatic heterocycles. The summed E-state index contributed by atoms with van der Waals surface area (Å²) in [6, 6.07) is 10.7. The molecule has 8 heteroatoms. The molecule has 0 aliphatic rings. The van der Waals surface area contributed by atoms with Crippen LogP contribution in [0.1, 0.15) is 16.6 Å². The number of nitro groups is 1. The molecule has 0 radical (unpaired) electrons. The van der Waals surface area contributed by atoms with Crippen LogP contribution in [0.3, 0.4) is 0 Å². The number of benzene rings is 1. The molecule has 3 aromatic rings. The fourth-order valence-corrected chi connectivity index (χ4v) is 3.32. The number of thiophene rings is 1. The van der Waals surface area contributed by atoms with Gasteiger partial charge >= 0.3 is 0 Å². The second kappa shape index (κ2) is 7.33. The summed E-state index contributed by atoms with van der Waals surface area (Å²) in [4.78, 5) is 16.9. The van der Waals surface area contributed by atoms with Crippen LogP contribution in [0.5, 0.6) is 0 Å². The molecule has 0 aliphatic heterocycles. The van der Waals surface area contributed by atoms with Crippen molar-refractivity contribution in [1.29, 1.82) is 0 Å². The Morgan fingerprint density at radius 2 is 2.12 bits per heavy atom. The molecule has 124 valence electrons. The van der Waals surface area contributed by atoms with Crippen molar-refractivity contribution in [1.82, 2.24) is 15.5 Å². The normalized spacial score (nSPS) is 10.9. The lowest BCUT2D eigenvalue weighted by molar-refractivity contribution is -0.384. The lowest BCUT2D eigenvalue weighted by Gasteiger charge is -2.01. The van der Waals surface area contributed by atoms with Gasteiger partial charge in [0.15, 0.2) is 5.82 Å². The van der Waals surface area contributed by atoms with Gasteiger partial charge in [-0.05, 0) is 25.1 Å². The predicted octanol–water partition coefficient (Wildman–Crippen LogP) is 3.35. The van der Waals surface area contributed by atoms with E-state index in [0.29, 0.717) is 30.2 Å². The number of nitro benzene ring substituents is 1. The number of aryl methyl sites for hydroxylation is 1. The monoisotopic (exact) mass is 344 g/mol. The minimum absolute atomic E-state index is 0.130. The fourth-order valence-electron chi connectivity index (χ4n) is 2.31. The van der Waals surface area contributed by atoms with Crippen LogP contribution in [0.4, 0.5) is 5.69 Å². The van der Waals surface area contributed by atoms with Gasteiger partial charge in [0.2, 0.25) is 5.89 Å². The van der Waals surface area contributed by atoms with Gasteiger partial charge in [0, 0.05) is 35.3 Å². The Morgan fingerprint density at radius 3 is 2.88 bits per heavy atom. The van der Waals surface area contributed by atoms with Crippen molar-refractivity contribution in [2.24, 2.45) is 0 Å². The Labute approximate surface area is 142 Å². The molecular formula is C16H16N4O3S. The maximum absolute atomic E-state index is 11.1. The largest absolute Gasteiger partial charge is 0.339 e. The first-order chi connectivity index (χ1) is 11.6. The first-order valence-electron chi connectivity index (χ1n) is 7.46. The number of hydrogen-bond acceptors (Lipinski definition) is 7. The van der Waals surface area contributed by atoms with E-state index in [1.54, 1.807) is 30.4 Å². The number of hydrogen-bond donors (Lipinski definition) is 1. The Balaban J connectivity index is 1.59. The van der Waals surface area contributed by atoms with Crippen molar-refractivity contribution in [2.45, 2.75) is 19.9 Å². The Morgan fingerprint density at radius 1 is 1.29 bits per heavy atom. The minimum Gasteiger partial charge on any atom is -0.339 e. The SMILES string of the molecule is Cc1noc(CCNCc2ccc(-c3ccccc3[N+](=O)[O-])s2)n1. The third-order valence-electron chi connectivity index (χ3n) is 3.41. The molecule has 24 heavy (non-hydrogen) atoms. The van der Waals surface area contributed by atoms with Crippen LogP contribution in [-0.4, -0.2) is 21.6 Å². The van der Waals surface area contributed by atoms with Crippen LogP contribution in [0, 0.1) is 17.0 Å². The van der Waals surface area contributed by atoms with Crippen LogP contribution in [0.15, 0.2) is 40.9 Å². The molecule has 0 amide bonds. The van der Waals surface area contributed by atoms with Crippen LogP contribution >= 0.6 is 11.3 Å². The zero-order valence-electron chi connectivity index (χ0n) is 13.1. The van der Waals surface area contributed by atoms with Crippen LogP contribution in [-0.2, 0) is 13.0 Å². The van der Waals surface area contributed by atoms with Gasteiger partial charge in [-0.1, -0.05) is 17.3 Å². The lowest BCUT2D eigenvalue weighted by atomic mass is 10.1. The molecular weight excluding hydrogens is 328 g/mol. The summed E-state index contributed by atoms with van der Waals surface area (Å²) in [6.45, 7) is 3.20. The van der Waals surface area contributed by atoms with Crippen molar-refractivity contribution in [3.63, 3.8) is 0 Å². The second-order valence-electron chi connectivity index (χ2n) is 5.20. The highest BCUT2D eigenvalue weighted by atomic mass is 32.1. The summed E-state index contributed by atoms with van der Waals surface area (Å²) in [7, 11) is 0. The fraction of sp³-hybridized carbons (Fsp3) is 0.250. The van der Waals surface area contributed by atoms with E-state index in [1.807, 2.05) is 18.2 Å². The van der Waals surface area contributed by atoms with Gasteiger partial charge in [0.25, 0.3) is 5.69 Å². The van der Waals surface area contributed by atoms with E-state index < -0.39 is 0 Å². The lowest BCUT2D eigenvalue weighted by Crippen LogP contribution is -2.16. The van der Waals surface area contributed by atoms with Crippen LogP contribution in [0.2, 0.25) is 0 Å². The third kappa shape index (κ3) is 3.84. The molecule has 0 spiro atoms. The number of nitrogens with one attached hydrogen (secondary N) is 1. The van der Waals surface area contributed by atoms with E-state index in [0.717, 1.165) is 16.3 Å². The average molecular weight is 344 g/mol. The molecule has 7 nitrogen and oxygen atoms in total. The molecule has 0 bridgehead atoms. The Bertz CT molecular complexity index is 843. The molecule has 1 aromatic carbocycles. The standard InChI is InChI=1S/C16H16N4O3S/c1-11-18-16(23-19-11)8-9-17-10-12-6-7-15(24-12)13-4-2-3-5-14(13)20(21)22/h2-7,17H,8-10H2,1H3. The zero-order chi connectivity index (χ0) is 16.9. The number of aromatic nitrogens is 2. The average Bonchev–Trinajstić information content (AvgIpc) is 3.20. The van der Waals surface area contributed by atoms with Crippen molar-refractivity contribution in [3.8, 4) is 10.4 Å². The van der Waals surface area contributed by atoms with E-state index >= 15 is 0 Å². The zero-order valence-corrected chi connectivity index (χ0v) is 13.9. The van der Waals surface area contributed by atoms with E-state index in [9.17, 15) is 10.1 Å². The topological polar surface area (TPSA) is 94.1 Å². The van der Waals surface area contributed by atoms with Gasteiger partial charge < -0.3 is 9.84 Å². The maximum Gasteiger partial charge on any atom is 0.278 e. The number of rotatable bonds is 7. The summed E-state index contributed by atoms with van der Waals surface area (Å²) in [5, 5.41) is 18.2. The van der Waals surface area contributed by atoms with Gasteiger partial charge in [-0.15, -0.1) is 11.3 Å². The third-order valence-corrected chi connectivity index (χ3v) is 4.53. The summed E-state index contributed by atoms with van der Waals surface area (Å²) in [5.41, 5.74) is 0.783. The molecule has 0 aliphatic carbocycles. The molecule has 0 atom stereocenters. The highest BCUT2D eigenvalue weighted by molar-refractivity contribution is 7.15. The summed E-state index contributed by atoms with van der Waals surface area (Å²) < 4.78 is 5.05. The molecule has 0 saturated carbocycles. The molecule has 2 heterocycles. The maximum atomic E-state index is 11.1. The van der Waals surface area contributed by atoms with Gasteiger partial charge in [-0.25, -0.2) is 0 Å². The molecule has 0 unspecified atom stereocenters. The summed E-state index contributed by atoms with van der Waals surface area (Å²) in [5.74, 6) is 1.25. The van der Waals surface area contributed by atoms with Gasteiger partial charge in [0.05, 0.1) is 10.5 Å². The van der Waals surface area contributed by atoms with E-state index in [4.69, 9.17) is 4.52 Å². The number of para-hydroxylation sites is 1. The summed E-state index contributed by atoms with van der Waals surface area (Å²) in [6.07, 6.45) is 0.670. The first-order valence-corrected chi connectivity index (χ1v) is 8.27. The quantitative estimate of drug-likeness (QED) is 0.401. The molecule has 0 fully saturated rings. The minimum atomic E-state index is -0.348. The van der Waals surface area contributed by atoms with E-state index in [2.05, 4.69) is 15.5 Å². The van der Waals surface area contributed by atoms with Crippen LogP contribution in [0.25, 0.3) is 10.4 Å². The number of nitrogens with zero attached hydrogens (tertiary/aromatic N) is 3. The second-order valence-corrected chi connectivity index (χ2v) is 6.37. The molecule has 1 N–H and O–H groups in total. The Kier molecular flexibility index (Phi) is 4.97. The first kappa shape index (κ1) is 16.3. The van der Waals surface area contributed by atoms with Gasteiger partial charge in [-0.2, -0.15) is 4.98 Å². The van der Waals surface area contributed by atoms with E-state index in [1.165, 1.54) is 6.07 Å². The van der Waals surface area contributed by atoms with Crippen LogP contribution < -0.4 is 5.32 Å². The van der Waals surface area contributed by atoms with Crippen molar-refractivity contribution < 1.29 is 9.45 Å². The van der Waals surface area contributed by atoms with Crippen molar-refractivity contribution >= 4 is 17.0 Å². The van der Waals surface area contributed by atoms with Crippen molar-refractivity contribution in [3.05, 3.63) is 63.1 Å². The van der Waals surface area contributed by atoms with Crippen molar-refractivity contribution in [2.75, 3.05) is 6.54 Å². The van der Waals surface area contributed by atoms with E-state index in [-0.39, 0.29) is 10.6 Å². The molecule has 0 saturated heterocycles. The predicted molar refractivity (Wildman–Crippen MR) is 90.9 cm³/mol. The summed E-state index contributed by atoms with van der Waals surface area (Å²) >= 11 is 1.55. The molecule has 3 rings (SSSR count). The Hall–Kier alpha value is -2.58. The smallest absolute Gasteiger partial charge is 0.278 e. The highest BCUT2D eigenvalue weighted by Gasteiger charge is 2.15. The van der Waals surface area contributed by atoms with Gasteiger partial charge in [0.1, 0.15) is 0 Å².